The zero-order valence-electron chi connectivity index (χ0n) is 24.0. The van der Waals surface area contributed by atoms with Crippen molar-refractivity contribution in [2.45, 2.75) is 26.3 Å². The molecule has 13 nitrogen and oxygen atoms in total. The average Bonchev–Trinajstić information content (AvgIpc) is 2.99. The second-order valence-electron chi connectivity index (χ2n) is 10.8. The number of hydrogen-bond donors (Lipinski definition) is 2. The number of nitriles is 1. The quantitative estimate of drug-likeness (QED) is 0.320. The maximum atomic E-state index is 15.0. The van der Waals surface area contributed by atoms with Crippen molar-refractivity contribution in [2.24, 2.45) is 0 Å². The predicted molar refractivity (Wildman–Crippen MR) is 159 cm³/mol. The average molecular weight is 608 g/mol. The Morgan fingerprint density at radius 2 is 1.81 bits per heavy atom. The highest BCUT2D eigenvalue weighted by molar-refractivity contribution is 7.90. The first-order chi connectivity index (χ1) is 20.4. The first kappa shape index (κ1) is 29.8. The maximum Gasteiger partial charge on any atom is 0.301 e. The van der Waals surface area contributed by atoms with Crippen LogP contribution in [0.5, 0.6) is 11.5 Å². The largest absolute Gasteiger partial charge is 0.453 e. The molecule has 15 heteroatoms. The zero-order chi connectivity index (χ0) is 30.9. The molecule has 0 bridgehead atoms. The zero-order valence-corrected chi connectivity index (χ0v) is 24.8. The number of anilines is 2. The third-order valence-corrected chi connectivity index (χ3v) is 8.76. The number of nitrogens with one attached hydrogen (secondary N) is 2. The van der Waals surface area contributed by atoms with Crippen molar-refractivity contribution in [3.8, 4) is 23.3 Å². The number of hydrogen-bond acceptors (Lipinski definition) is 10. The molecule has 0 aliphatic carbocycles. The third-order valence-electron chi connectivity index (χ3n) is 7.02. The molecule has 2 N–H and O–H groups in total. The maximum absolute atomic E-state index is 15.0. The molecule has 3 heterocycles. The van der Waals surface area contributed by atoms with E-state index in [4.69, 9.17) is 4.74 Å². The van der Waals surface area contributed by atoms with Crippen LogP contribution in [0.3, 0.4) is 0 Å². The van der Waals surface area contributed by atoms with Gasteiger partial charge in [0.2, 0.25) is 5.95 Å². The van der Waals surface area contributed by atoms with E-state index < -0.39 is 32.9 Å². The van der Waals surface area contributed by atoms with Crippen molar-refractivity contribution < 1.29 is 17.5 Å². The molecule has 0 saturated carbocycles. The third kappa shape index (κ3) is 6.12. The molecule has 5 rings (SSSR count). The van der Waals surface area contributed by atoms with Gasteiger partial charge in [0.15, 0.2) is 11.6 Å². The van der Waals surface area contributed by atoms with Gasteiger partial charge in [-0.05, 0) is 51.1 Å². The number of nitrogens with zero attached hydrogens (tertiary/aromatic N) is 7. The van der Waals surface area contributed by atoms with Crippen LogP contribution in [0.4, 0.5) is 16.0 Å². The highest BCUT2D eigenvalue weighted by Gasteiger charge is 2.30. The smallest absolute Gasteiger partial charge is 0.301 e. The number of piperazine rings is 1. The van der Waals surface area contributed by atoms with Crippen LogP contribution in [-0.2, 0) is 10.2 Å². The monoisotopic (exact) mass is 607 g/mol. The molecule has 43 heavy (non-hydrogen) atoms. The van der Waals surface area contributed by atoms with E-state index >= 15 is 0 Å². The van der Waals surface area contributed by atoms with Crippen LogP contribution in [0.1, 0.15) is 26.3 Å². The summed E-state index contributed by atoms with van der Waals surface area (Å²) in [4.78, 5) is 28.7. The Hall–Kier alpha value is -4.65. The van der Waals surface area contributed by atoms with Gasteiger partial charge in [0.1, 0.15) is 23.7 Å². The molecule has 224 valence electrons. The highest BCUT2D eigenvalue weighted by atomic mass is 32.2. The van der Waals surface area contributed by atoms with Crippen molar-refractivity contribution in [3.05, 3.63) is 70.8 Å². The molecular weight excluding hydrogens is 577 g/mol. The Morgan fingerprint density at radius 3 is 2.47 bits per heavy atom. The molecule has 0 unspecified atom stereocenters. The minimum atomic E-state index is -4.09. The molecule has 1 saturated heterocycles. The van der Waals surface area contributed by atoms with E-state index in [0.29, 0.717) is 17.2 Å². The molecule has 2 aromatic heterocycles. The molecule has 0 radical (unpaired) electrons. The normalized spacial score (nSPS) is 14.1. The number of aromatic nitrogens is 4. The van der Waals surface area contributed by atoms with Gasteiger partial charge in [0.25, 0.3) is 5.56 Å². The Kier molecular flexibility index (Phi) is 8.02. The second kappa shape index (κ2) is 11.6. The van der Waals surface area contributed by atoms with Gasteiger partial charge < -0.3 is 15.0 Å². The van der Waals surface area contributed by atoms with Crippen LogP contribution in [0, 0.1) is 17.1 Å². The molecule has 1 aliphatic heterocycles. The molecule has 1 aliphatic rings. The standard InChI is InChI=1S/C28H30FN9O4S/c1-28(2,3)36(4)43(40,41)35-24-8-6-22(29)25(21(24)14-30)42-19-5-7-23-20(13-19)26(39)38(17-34-23)18-15-32-27(33-16-18)37-11-9-31-10-12-37/h5-8,13,15-17,31,35H,9-12H2,1-4H3. The summed E-state index contributed by atoms with van der Waals surface area (Å²) >= 11 is 0. The molecule has 0 amide bonds. The first-order valence-electron chi connectivity index (χ1n) is 13.4. The molecule has 1 fully saturated rings. The van der Waals surface area contributed by atoms with E-state index in [9.17, 15) is 22.9 Å². The van der Waals surface area contributed by atoms with Crippen LogP contribution >= 0.6 is 0 Å². The number of rotatable bonds is 7. The lowest BCUT2D eigenvalue weighted by Gasteiger charge is -2.31. The lowest BCUT2D eigenvalue weighted by atomic mass is 10.1. The summed E-state index contributed by atoms with van der Waals surface area (Å²) in [7, 11) is -2.71. The van der Waals surface area contributed by atoms with E-state index in [1.54, 1.807) is 20.8 Å². The van der Waals surface area contributed by atoms with E-state index in [2.05, 4.69) is 25.0 Å². The van der Waals surface area contributed by atoms with Crippen LogP contribution in [-0.4, -0.2) is 71.0 Å². The summed E-state index contributed by atoms with van der Waals surface area (Å²) < 4.78 is 51.3. The Bertz CT molecular complexity index is 1880. The Morgan fingerprint density at radius 1 is 1.12 bits per heavy atom. The number of ether oxygens (including phenoxy) is 1. The van der Waals surface area contributed by atoms with Crippen molar-refractivity contribution in [1.82, 2.24) is 29.1 Å². The minimum Gasteiger partial charge on any atom is -0.453 e. The van der Waals surface area contributed by atoms with Crippen molar-refractivity contribution in [1.29, 1.82) is 5.26 Å². The van der Waals surface area contributed by atoms with E-state index in [1.807, 2.05) is 11.0 Å². The van der Waals surface area contributed by atoms with Crippen molar-refractivity contribution >= 4 is 32.7 Å². The van der Waals surface area contributed by atoms with Gasteiger partial charge in [-0.25, -0.2) is 19.3 Å². The van der Waals surface area contributed by atoms with Gasteiger partial charge in [-0.2, -0.15) is 18.0 Å². The predicted octanol–water partition coefficient (Wildman–Crippen LogP) is 2.78. The summed E-state index contributed by atoms with van der Waals surface area (Å²) in [5.41, 5.74) is -0.965. The lowest BCUT2D eigenvalue weighted by Crippen LogP contribution is -2.45. The van der Waals surface area contributed by atoms with Gasteiger partial charge in [-0.15, -0.1) is 0 Å². The van der Waals surface area contributed by atoms with Crippen LogP contribution < -0.4 is 25.2 Å². The minimum absolute atomic E-state index is 0.0386. The Balaban J connectivity index is 1.47. The van der Waals surface area contributed by atoms with Gasteiger partial charge in [-0.3, -0.25) is 14.1 Å². The number of halogens is 1. The fraction of sp³-hybridized carbons (Fsp3) is 0.321. The Labute approximate surface area is 247 Å². The van der Waals surface area contributed by atoms with Crippen LogP contribution in [0.15, 0.2) is 53.8 Å². The molecular formula is C28H30FN9O4S. The second-order valence-corrected chi connectivity index (χ2v) is 12.5. The van der Waals surface area contributed by atoms with Crippen LogP contribution in [0.2, 0.25) is 0 Å². The molecule has 0 atom stereocenters. The van der Waals surface area contributed by atoms with Gasteiger partial charge in [0.05, 0.1) is 34.7 Å². The van der Waals surface area contributed by atoms with Crippen LogP contribution in [0.25, 0.3) is 16.6 Å². The van der Waals surface area contributed by atoms with Gasteiger partial charge in [0, 0.05) is 38.8 Å². The van der Waals surface area contributed by atoms with Crippen molar-refractivity contribution in [3.63, 3.8) is 0 Å². The fourth-order valence-corrected chi connectivity index (χ4v) is 5.66. The first-order valence-corrected chi connectivity index (χ1v) is 14.8. The SMILES string of the molecule is CN(C(C)(C)C)S(=O)(=O)Nc1ccc(F)c(Oc2ccc3ncn(-c4cnc(N5CCNCC5)nc4)c(=O)c3c2)c1C#N. The molecule has 4 aromatic rings. The summed E-state index contributed by atoms with van der Waals surface area (Å²) in [6.07, 6.45) is 4.45. The fourth-order valence-electron chi connectivity index (χ4n) is 4.35. The summed E-state index contributed by atoms with van der Waals surface area (Å²) in [6.45, 7) is 8.32. The van der Waals surface area contributed by atoms with Gasteiger partial charge in [-0.1, -0.05) is 0 Å². The number of fused-ring (bicyclic) bond motifs is 1. The van der Waals surface area contributed by atoms with Gasteiger partial charge >= 0.3 is 10.2 Å². The van der Waals surface area contributed by atoms with E-state index in [0.717, 1.165) is 42.6 Å². The highest BCUT2D eigenvalue weighted by Crippen LogP contribution is 2.34. The van der Waals surface area contributed by atoms with E-state index in [1.165, 1.54) is 48.5 Å². The topological polar surface area (TPSA) is 158 Å². The summed E-state index contributed by atoms with van der Waals surface area (Å²) in [5, 5.41) is 13.3. The summed E-state index contributed by atoms with van der Waals surface area (Å²) in [5.74, 6) is -0.792. The summed E-state index contributed by atoms with van der Waals surface area (Å²) in [6, 6.07) is 8.33. The number of benzene rings is 2. The molecule has 0 spiro atoms. The molecule has 2 aromatic carbocycles. The van der Waals surface area contributed by atoms with E-state index in [-0.39, 0.29) is 22.4 Å². The lowest BCUT2D eigenvalue weighted by molar-refractivity contribution is 0.293. The van der Waals surface area contributed by atoms with Crippen molar-refractivity contribution in [2.75, 3.05) is 42.8 Å².